The largest absolute Gasteiger partial charge is 0.462 e. The zero-order chi connectivity index (χ0) is 56.2. The summed E-state index contributed by atoms with van der Waals surface area (Å²) in [4.78, 5) is 24.6. The average Bonchev–Trinajstić information content (AvgIpc) is 3.44. The van der Waals surface area contributed by atoms with E-state index in [1.165, 1.54) is 205 Å². The summed E-state index contributed by atoms with van der Waals surface area (Å²) in [5.41, 5.74) is 0. The summed E-state index contributed by atoms with van der Waals surface area (Å²) in [6.45, 7) is 4.04. The predicted molar refractivity (Wildman–Crippen MR) is 343 cm³/mol. The molecular weight excluding hydrogens is 957 g/mol. The van der Waals surface area contributed by atoms with Gasteiger partial charge in [0.2, 0.25) is 0 Å². The predicted octanol–water partition coefficient (Wildman–Crippen LogP) is 23.2. The Hall–Kier alpha value is -3.44. The van der Waals surface area contributed by atoms with Crippen LogP contribution in [0.4, 0.5) is 0 Å². The zero-order valence-corrected chi connectivity index (χ0v) is 51.4. The van der Waals surface area contributed by atoms with Crippen molar-refractivity contribution in [1.82, 2.24) is 0 Å². The van der Waals surface area contributed by atoms with Gasteiger partial charge in [-0.3, -0.25) is 9.59 Å². The van der Waals surface area contributed by atoms with E-state index in [4.69, 9.17) is 9.47 Å². The summed E-state index contributed by atoms with van der Waals surface area (Å²) in [7, 11) is 0. The van der Waals surface area contributed by atoms with E-state index in [2.05, 4.69) is 123 Å². The third-order valence-electron chi connectivity index (χ3n) is 14.6. The smallest absolute Gasteiger partial charge is 0.306 e. The Kier molecular flexibility index (Phi) is 64.8. The number of aliphatic hydroxyl groups is 1. The highest BCUT2D eigenvalue weighted by Gasteiger charge is 2.16. The van der Waals surface area contributed by atoms with E-state index >= 15 is 0 Å². The zero-order valence-electron chi connectivity index (χ0n) is 51.4. The van der Waals surface area contributed by atoms with Crippen LogP contribution in [-0.2, 0) is 19.1 Å². The number of ether oxygens (including phenoxy) is 2. The Labute approximate surface area is 484 Å². The third kappa shape index (κ3) is 65.1. The van der Waals surface area contributed by atoms with Crippen LogP contribution in [0, 0.1) is 0 Å². The summed E-state index contributed by atoms with van der Waals surface area (Å²) < 4.78 is 10.7. The Balaban J connectivity index is 3.46. The first-order valence-corrected chi connectivity index (χ1v) is 33.4. The molecule has 0 saturated carbocycles. The lowest BCUT2D eigenvalue weighted by atomic mass is 10.0. The second-order valence-corrected chi connectivity index (χ2v) is 22.2. The van der Waals surface area contributed by atoms with Gasteiger partial charge in [0.1, 0.15) is 6.61 Å². The molecule has 0 bridgehead atoms. The third-order valence-corrected chi connectivity index (χ3v) is 14.6. The van der Waals surface area contributed by atoms with Crippen LogP contribution in [0.2, 0.25) is 0 Å². The molecule has 1 N–H and O–H groups in total. The summed E-state index contributed by atoms with van der Waals surface area (Å²) in [5.74, 6) is -0.585. The monoisotopic (exact) mass is 1080 g/mol. The molecule has 0 aliphatic carbocycles. The number of aliphatic hydroxyl groups excluding tert-OH is 1. The fraction of sp³-hybridized carbons (Fsp3) is 0.726. The van der Waals surface area contributed by atoms with Crippen molar-refractivity contribution < 1.29 is 24.2 Å². The number of allylic oxidation sites excluding steroid dienone is 18. The van der Waals surface area contributed by atoms with Crippen LogP contribution < -0.4 is 0 Å². The van der Waals surface area contributed by atoms with Gasteiger partial charge in [-0.05, 0) is 103 Å². The number of carbonyl (C=O) groups excluding carboxylic acids is 2. The number of carbonyl (C=O) groups is 2. The molecule has 0 rings (SSSR count). The van der Waals surface area contributed by atoms with Crippen molar-refractivity contribution in [2.24, 2.45) is 0 Å². The van der Waals surface area contributed by atoms with Crippen molar-refractivity contribution in [3.05, 3.63) is 109 Å². The fourth-order valence-electron chi connectivity index (χ4n) is 9.57. The molecule has 448 valence electrons. The van der Waals surface area contributed by atoms with Crippen LogP contribution >= 0.6 is 0 Å². The van der Waals surface area contributed by atoms with Crippen molar-refractivity contribution in [1.29, 1.82) is 0 Å². The SMILES string of the molecule is CC/C=C\C/C=C\C/C=C\C/C=C\C/C=C\C/C=C\CCCCCCCCCCCCCCCCCCCCCCC(=O)OC(CO)COC(=O)CCCCCCCCCCCC/C=C\C/C=C\C/C=C\CCCCCCC. The molecule has 78 heavy (non-hydrogen) atoms. The molecule has 0 spiro atoms. The van der Waals surface area contributed by atoms with E-state index < -0.39 is 6.10 Å². The van der Waals surface area contributed by atoms with Gasteiger partial charge in [-0.15, -0.1) is 0 Å². The van der Waals surface area contributed by atoms with Gasteiger partial charge < -0.3 is 14.6 Å². The van der Waals surface area contributed by atoms with E-state index in [0.717, 1.165) is 89.9 Å². The van der Waals surface area contributed by atoms with Crippen molar-refractivity contribution in [3.63, 3.8) is 0 Å². The summed E-state index contributed by atoms with van der Waals surface area (Å²) in [6.07, 6.45) is 98.2. The maximum Gasteiger partial charge on any atom is 0.306 e. The quantitative estimate of drug-likeness (QED) is 0.0373. The molecule has 0 radical (unpaired) electrons. The van der Waals surface area contributed by atoms with E-state index in [-0.39, 0.29) is 25.2 Å². The molecule has 0 saturated heterocycles. The average molecular weight is 1080 g/mol. The van der Waals surface area contributed by atoms with Crippen molar-refractivity contribution in [3.8, 4) is 0 Å². The highest BCUT2D eigenvalue weighted by atomic mass is 16.6. The second kappa shape index (κ2) is 67.8. The minimum Gasteiger partial charge on any atom is -0.462 e. The van der Waals surface area contributed by atoms with Gasteiger partial charge in [0.05, 0.1) is 6.61 Å². The van der Waals surface area contributed by atoms with Crippen LogP contribution in [0.3, 0.4) is 0 Å². The molecule has 5 nitrogen and oxygen atoms in total. The van der Waals surface area contributed by atoms with Gasteiger partial charge in [-0.1, -0.05) is 316 Å². The standard InChI is InChI=1S/C73H126O5/c1-3-5-7-9-11-13-15-17-19-21-23-25-27-29-30-31-32-33-34-35-36-37-38-39-40-41-42-44-46-48-50-52-54-56-58-60-62-64-66-68-73(76)78-71(69-74)70-77-72(75)67-65-63-61-59-57-55-53-51-49-47-45-43-28-26-24-22-20-18-16-14-12-10-8-6-4-2/h5,7,11,13,16-19,22-25,28-30,32-33,43,71,74H,3-4,6,8-10,12,14-15,20-21,26-27,31,34-42,44-70H2,1-2H3/b7-5-,13-11-,18-16-,19-17-,24-22-,25-23-,30-29-,33-32-,43-28-. The highest BCUT2D eigenvalue weighted by molar-refractivity contribution is 5.70. The van der Waals surface area contributed by atoms with Gasteiger partial charge in [0.15, 0.2) is 6.10 Å². The van der Waals surface area contributed by atoms with Gasteiger partial charge in [0.25, 0.3) is 0 Å². The molecular formula is C73H126O5. The van der Waals surface area contributed by atoms with Crippen LogP contribution in [0.25, 0.3) is 0 Å². The summed E-state index contributed by atoms with van der Waals surface area (Å²) in [6, 6.07) is 0. The summed E-state index contributed by atoms with van der Waals surface area (Å²) >= 11 is 0. The second-order valence-electron chi connectivity index (χ2n) is 22.2. The molecule has 0 heterocycles. The number of unbranched alkanes of at least 4 members (excludes halogenated alkanes) is 35. The van der Waals surface area contributed by atoms with E-state index in [0.29, 0.717) is 12.8 Å². The molecule has 0 aliphatic rings. The maximum absolute atomic E-state index is 12.4. The Morgan fingerprint density at radius 2 is 0.551 bits per heavy atom. The number of rotatable bonds is 61. The molecule has 0 aromatic heterocycles. The van der Waals surface area contributed by atoms with Crippen LogP contribution in [-0.4, -0.2) is 36.4 Å². The number of hydrogen-bond acceptors (Lipinski definition) is 5. The Morgan fingerprint density at radius 1 is 0.308 bits per heavy atom. The minimum absolute atomic E-state index is 0.0688. The van der Waals surface area contributed by atoms with Crippen molar-refractivity contribution >= 4 is 11.9 Å². The van der Waals surface area contributed by atoms with Crippen LogP contribution in [0.1, 0.15) is 322 Å². The first kappa shape index (κ1) is 74.6. The number of hydrogen-bond donors (Lipinski definition) is 1. The van der Waals surface area contributed by atoms with E-state index in [1.807, 2.05) is 0 Å². The Bertz CT molecular complexity index is 1510. The van der Waals surface area contributed by atoms with Crippen molar-refractivity contribution in [2.45, 2.75) is 328 Å². The van der Waals surface area contributed by atoms with Gasteiger partial charge >= 0.3 is 11.9 Å². The molecule has 0 aliphatic heterocycles. The first-order valence-electron chi connectivity index (χ1n) is 33.4. The van der Waals surface area contributed by atoms with Gasteiger partial charge in [0, 0.05) is 12.8 Å². The first-order chi connectivity index (χ1) is 38.6. The maximum atomic E-state index is 12.4. The minimum atomic E-state index is -0.779. The topological polar surface area (TPSA) is 72.8 Å². The number of esters is 2. The van der Waals surface area contributed by atoms with Crippen molar-refractivity contribution in [2.75, 3.05) is 13.2 Å². The molecule has 0 amide bonds. The molecule has 1 unspecified atom stereocenters. The normalized spacial score (nSPS) is 12.9. The lowest BCUT2D eigenvalue weighted by Crippen LogP contribution is -2.28. The lowest BCUT2D eigenvalue weighted by molar-refractivity contribution is -0.161. The molecule has 1 atom stereocenters. The lowest BCUT2D eigenvalue weighted by Gasteiger charge is -2.15. The van der Waals surface area contributed by atoms with Crippen LogP contribution in [0.5, 0.6) is 0 Å². The van der Waals surface area contributed by atoms with Gasteiger partial charge in [-0.25, -0.2) is 0 Å². The van der Waals surface area contributed by atoms with Gasteiger partial charge in [-0.2, -0.15) is 0 Å². The fourth-order valence-corrected chi connectivity index (χ4v) is 9.57. The molecule has 0 aromatic carbocycles. The molecule has 0 fully saturated rings. The molecule has 5 heteroatoms. The summed E-state index contributed by atoms with van der Waals surface area (Å²) in [5, 5.41) is 9.69. The molecule has 0 aromatic rings. The Morgan fingerprint density at radius 3 is 0.833 bits per heavy atom. The van der Waals surface area contributed by atoms with E-state index in [1.54, 1.807) is 0 Å². The van der Waals surface area contributed by atoms with E-state index in [9.17, 15) is 14.7 Å². The van der Waals surface area contributed by atoms with Crippen LogP contribution in [0.15, 0.2) is 109 Å². The highest BCUT2D eigenvalue weighted by Crippen LogP contribution is 2.17.